The van der Waals surface area contributed by atoms with Crippen LogP contribution >= 0.6 is 0 Å². The molecular weight excluding hydrogens is 332 g/mol. The molecule has 0 bridgehead atoms. The summed E-state index contributed by atoms with van der Waals surface area (Å²) in [5, 5.41) is 2.89. The van der Waals surface area contributed by atoms with Gasteiger partial charge in [0.1, 0.15) is 17.5 Å². The van der Waals surface area contributed by atoms with Crippen molar-refractivity contribution in [1.29, 1.82) is 0 Å². The van der Waals surface area contributed by atoms with Crippen molar-refractivity contribution in [3.63, 3.8) is 0 Å². The Morgan fingerprint density at radius 3 is 2.62 bits per heavy atom. The number of carbonyl (C=O) groups is 1. The van der Waals surface area contributed by atoms with Gasteiger partial charge in [-0.05, 0) is 38.0 Å². The molecule has 1 aromatic carbocycles. The number of nitrogens with zero attached hydrogens (tertiary/aromatic N) is 1. The summed E-state index contributed by atoms with van der Waals surface area (Å²) < 4.78 is 35.4. The molecule has 1 amide bonds. The molecule has 1 saturated heterocycles. The monoisotopic (exact) mass is 356 g/mol. The van der Waals surface area contributed by atoms with Crippen molar-refractivity contribution in [3.8, 4) is 11.5 Å². The van der Waals surface area contributed by atoms with E-state index in [1.165, 1.54) is 4.31 Å². The Kier molecular flexibility index (Phi) is 5.71. The summed E-state index contributed by atoms with van der Waals surface area (Å²) in [6, 6.07) is 4.35. The van der Waals surface area contributed by atoms with Crippen LogP contribution in [0.5, 0.6) is 11.5 Å². The highest BCUT2D eigenvalue weighted by atomic mass is 32.2. The fourth-order valence-corrected chi connectivity index (χ4v) is 4.09. The maximum Gasteiger partial charge on any atom is 0.238 e. The van der Waals surface area contributed by atoms with E-state index in [1.54, 1.807) is 32.4 Å². The lowest BCUT2D eigenvalue weighted by Gasteiger charge is -2.24. The number of sulfonamides is 1. The van der Waals surface area contributed by atoms with Crippen molar-refractivity contribution in [3.05, 3.63) is 23.8 Å². The first kappa shape index (κ1) is 18.5. The van der Waals surface area contributed by atoms with E-state index in [9.17, 15) is 13.2 Å². The number of hydrogen-bond acceptors (Lipinski definition) is 5. The van der Waals surface area contributed by atoms with Crippen LogP contribution in [0.3, 0.4) is 0 Å². The molecule has 0 unspecified atom stereocenters. The van der Waals surface area contributed by atoms with Crippen molar-refractivity contribution in [1.82, 2.24) is 9.62 Å². The zero-order valence-corrected chi connectivity index (χ0v) is 15.2. The summed E-state index contributed by atoms with van der Waals surface area (Å²) >= 11 is 0. The first-order valence-electron chi connectivity index (χ1n) is 7.77. The summed E-state index contributed by atoms with van der Waals surface area (Å²) in [5.41, 5.74) is 0.772. The molecule has 134 valence electrons. The molecule has 1 aliphatic heterocycles. The normalized spacial score (nSPS) is 19.8. The van der Waals surface area contributed by atoms with Gasteiger partial charge in [0, 0.05) is 12.1 Å². The Labute approximate surface area is 143 Å². The molecule has 0 saturated carbocycles. The van der Waals surface area contributed by atoms with Gasteiger partial charge in [0.2, 0.25) is 15.9 Å². The van der Waals surface area contributed by atoms with Gasteiger partial charge in [-0.15, -0.1) is 0 Å². The van der Waals surface area contributed by atoms with Crippen LogP contribution in [-0.2, 0) is 14.8 Å². The van der Waals surface area contributed by atoms with Gasteiger partial charge in [0.25, 0.3) is 0 Å². The molecule has 8 heteroatoms. The van der Waals surface area contributed by atoms with E-state index >= 15 is 0 Å². The molecule has 1 aliphatic rings. The van der Waals surface area contributed by atoms with Gasteiger partial charge < -0.3 is 14.8 Å². The summed E-state index contributed by atoms with van der Waals surface area (Å²) in [6.45, 7) is 2.21. The second-order valence-electron chi connectivity index (χ2n) is 5.87. The minimum absolute atomic E-state index is 0.296. The average Bonchev–Trinajstić information content (AvgIpc) is 3.04. The van der Waals surface area contributed by atoms with E-state index in [0.717, 1.165) is 11.8 Å². The predicted molar refractivity (Wildman–Crippen MR) is 90.7 cm³/mol. The number of amides is 1. The van der Waals surface area contributed by atoms with Crippen LogP contribution < -0.4 is 14.8 Å². The zero-order chi connectivity index (χ0) is 17.9. The molecule has 7 nitrogen and oxygen atoms in total. The number of hydrogen-bond donors (Lipinski definition) is 1. The molecule has 1 fully saturated rings. The lowest BCUT2D eigenvalue weighted by molar-refractivity contribution is -0.124. The highest BCUT2D eigenvalue weighted by Gasteiger charge is 2.37. The third kappa shape index (κ3) is 3.99. The lowest BCUT2D eigenvalue weighted by Crippen LogP contribution is -2.46. The molecule has 1 N–H and O–H groups in total. The molecular formula is C16H24N2O5S. The van der Waals surface area contributed by atoms with Crippen molar-refractivity contribution in [2.24, 2.45) is 0 Å². The predicted octanol–water partition coefficient (Wildman–Crippen LogP) is 1.30. The number of ether oxygens (including phenoxy) is 2. The molecule has 24 heavy (non-hydrogen) atoms. The maximum atomic E-state index is 12.6. The number of benzene rings is 1. The Morgan fingerprint density at radius 1 is 1.33 bits per heavy atom. The van der Waals surface area contributed by atoms with Crippen molar-refractivity contribution >= 4 is 15.9 Å². The van der Waals surface area contributed by atoms with E-state index in [2.05, 4.69) is 5.32 Å². The Bertz CT molecular complexity index is 704. The third-order valence-corrected chi connectivity index (χ3v) is 5.48. The minimum atomic E-state index is -3.39. The third-order valence-electron chi connectivity index (χ3n) is 4.19. The van der Waals surface area contributed by atoms with Crippen molar-refractivity contribution in [2.75, 3.05) is 27.0 Å². The van der Waals surface area contributed by atoms with Crippen LogP contribution in [0.25, 0.3) is 0 Å². The van der Waals surface area contributed by atoms with E-state index in [1.807, 2.05) is 6.92 Å². The Balaban J connectivity index is 2.17. The summed E-state index contributed by atoms with van der Waals surface area (Å²) in [5.74, 6) is 0.996. The topological polar surface area (TPSA) is 84.9 Å². The van der Waals surface area contributed by atoms with E-state index in [0.29, 0.717) is 30.9 Å². The number of carbonyl (C=O) groups excluding carboxylic acids is 1. The molecule has 0 aliphatic carbocycles. The van der Waals surface area contributed by atoms with Crippen LogP contribution in [-0.4, -0.2) is 51.7 Å². The SMILES string of the molecule is COc1ccc(OC)c([C@@H](C)NC(=O)[C@@H]2CCCN2S(C)(=O)=O)c1. The second-order valence-corrected chi connectivity index (χ2v) is 7.80. The van der Waals surface area contributed by atoms with Crippen LogP contribution in [0.15, 0.2) is 18.2 Å². The van der Waals surface area contributed by atoms with Gasteiger partial charge in [-0.1, -0.05) is 0 Å². The Morgan fingerprint density at radius 2 is 2.04 bits per heavy atom. The van der Waals surface area contributed by atoms with Gasteiger partial charge in [-0.2, -0.15) is 4.31 Å². The van der Waals surface area contributed by atoms with E-state index in [-0.39, 0.29) is 11.9 Å². The zero-order valence-electron chi connectivity index (χ0n) is 14.4. The highest BCUT2D eigenvalue weighted by Crippen LogP contribution is 2.30. The molecule has 2 atom stereocenters. The fraction of sp³-hybridized carbons (Fsp3) is 0.562. The Hall–Kier alpha value is -1.80. The number of methoxy groups -OCH3 is 2. The van der Waals surface area contributed by atoms with Gasteiger partial charge in [-0.25, -0.2) is 8.42 Å². The van der Waals surface area contributed by atoms with Crippen LogP contribution in [0, 0.1) is 0 Å². The lowest BCUT2D eigenvalue weighted by atomic mass is 10.1. The average molecular weight is 356 g/mol. The largest absolute Gasteiger partial charge is 0.497 e. The first-order chi connectivity index (χ1) is 11.3. The summed E-state index contributed by atoms with van der Waals surface area (Å²) in [6.07, 6.45) is 2.34. The first-order valence-corrected chi connectivity index (χ1v) is 9.62. The standard InChI is InChI=1S/C16H24N2O5S/c1-11(13-10-12(22-2)7-8-15(13)23-3)17-16(19)14-6-5-9-18(14)24(4,20)21/h7-8,10-11,14H,5-6,9H2,1-4H3,(H,17,19)/t11-,14+/m1/s1. The summed E-state index contributed by atoms with van der Waals surface area (Å²) in [7, 11) is -0.268. The van der Waals surface area contributed by atoms with Crippen LogP contribution in [0.2, 0.25) is 0 Å². The van der Waals surface area contributed by atoms with E-state index in [4.69, 9.17) is 9.47 Å². The van der Waals surface area contributed by atoms with Crippen LogP contribution in [0.1, 0.15) is 31.4 Å². The fourth-order valence-electron chi connectivity index (χ4n) is 2.96. The highest BCUT2D eigenvalue weighted by molar-refractivity contribution is 7.88. The second kappa shape index (κ2) is 7.40. The molecule has 1 aromatic rings. The van der Waals surface area contributed by atoms with Crippen molar-refractivity contribution in [2.45, 2.75) is 31.8 Å². The van der Waals surface area contributed by atoms with Crippen LogP contribution in [0.4, 0.5) is 0 Å². The van der Waals surface area contributed by atoms with Gasteiger partial charge in [-0.3, -0.25) is 4.79 Å². The maximum absolute atomic E-state index is 12.6. The molecule has 1 heterocycles. The molecule has 0 aromatic heterocycles. The number of nitrogens with one attached hydrogen (secondary N) is 1. The molecule has 0 spiro atoms. The van der Waals surface area contributed by atoms with Gasteiger partial charge >= 0.3 is 0 Å². The smallest absolute Gasteiger partial charge is 0.238 e. The van der Waals surface area contributed by atoms with Gasteiger partial charge in [0.15, 0.2) is 0 Å². The van der Waals surface area contributed by atoms with Crippen molar-refractivity contribution < 1.29 is 22.7 Å². The molecule has 2 rings (SSSR count). The van der Waals surface area contributed by atoms with E-state index < -0.39 is 16.1 Å². The van der Waals surface area contributed by atoms with Gasteiger partial charge in [0.05, 0.1) is 26.5 Å². The molecule has 0 radical (unpaired) electrons. The quantitative estimate of drug-likeness (QED) is 0.831. The summed E-state index contributed by atoms with van der Waals surface area (Å²) in [4.78, 5) is 12.6. The number of rotatable bonds is 6. The minimum Gasteiger partial charge on any atom is -0.497 e.